The zero-order valence-electron chi connectivity index (χ0n) is 15.7. The molecule has 0 aliphatic carbocycles. The number of aromatic nitrogens is 3. The lowest BCUT2D eigenvalue weighted by Gasteiger charge is -2.25. The zero-order chi connectivity index (χ0) is 19.5. The lowest BCUT2D eigenvalue weighted by Crippen LogP contribution is -2.23. The number of benzene rings is 1. The maximum absolute atomic E-state index is 11.8. The van der Waals surface area contributed by atoms with Crippen molar-refractivity contribution in [1.29, 1.82) is 5.26 Å². The Kier molecular flexibility index (Phi) is 5.13. The number of carbonyl (C=O) groups excluding carboxylic acids is 1. The third kappa shape index (κ3) is 3.89. The van der Waals surface area contributed by atoms with Crippen LogP contribution in [0.25, 0.3) is 4.85 Å². The van der Waals surface area contributed by atoms with Crippen molar-refractivity contribution in [3.8, 4) is 6.07 Å². The van der Waals surface area contributed by atoms with Gasteiger partial charge in [0.15, 0.2) is 0 Å². The Balaban J connectivity index is 2.78. The molecular weight excluding hydrogens is 328 g/mol. The van der Waals surface area contributed by atoms with Crippen molar-refractivity contribution in [2.75, 3.05) is 5.32 Å². The van der Waals surface area contributed by atoms with Crippen LogP contribution in [-0.4, -0.2) is 20.7 Å². The van der Waals surface area contributed by atoms with E-state index in [0.29, 0.717) is 17.8 Å². The summed E-state index contributed by atoms with van der Waals surface area (Å²) >= 11 is 0. The summed E-state index contributed by atoms with van der Waals surface area (Å²) in [5.74, 6) is -0.225. The summed E-state index contributed by atoms with van der Waals surface area (Å²) < 4.78 is 1.64. The first-order valence-corrected chi connectivity index (χ1v) is 8.18. The van der Waals surface area contributed by atoms with Gasteiger partial charge in [-0.2, -0.15) is 10.4 Å². The number of hydrogen-bond acceptors (Lipinski definition) is 4. The maximum Gasteiger partial charge on any atom is 0.252 e. The van der Waals surface area contributed by atoms with Crippen molar-refractivity contribution in [3.63, 3.8) is 0 Å². The predicted octanol–water partition coefficient (Wildman–Crippen LogP) is 3.24. The van der Waals surface area contributed by atoms with Crippen LogP contribution in [0.3, 0.4) is 0 Å². The van der Waals surface area contributed by atoms with Crippen molar-refractivity contribution in [2.45, 2.75) is 52.1 Å². The van der Waals surface area contributed by atoms with E-state index < -0.39 is 11.0 Å². The second kappa shape index (κ2) is 6.97. The number of nitrogens with zero attached hydrogens (tertiary/aromatic N) is 5. The van der Waals surface area contributed by atoms with Gasteiger partial charge in [-0.15, -0.1) is 0 Å². The van der Waals surface area contributed by atoms with Crippen LogP contribution >= 0.6 is 0 Å². The summed E-state index contributed by atoms with van der Waals surface area (Å²) in [7, 11) is 0. The molecule has 0 fully saturated rings. The smallest absolute Gasteiger partial charge is 0.252 e. The summed E-state index contributed by atoms with van der Waals surface area (Å²) in [5.41, 5.74) is 1.23. The molecule has 1 amide bonds. The monoisotopic (exact) mass is 350 g/mol. The molecule has 0 bridgehead atoms. The first-order chi connectivity index (χ1) is 12.1. The van der Waals surface area contributed by atoms with Crippen molar-refractivity contribution in [1.82, 2.24) is 14.8 Å². The molecule has 1 aromatic carbocycles. The first kappa shape index (κ1) is 19.1. The van der Waals surface area contributed by atoms with Crippen LogP contribution in [0.15, 0.2) is 24.8 Å². The Bertz CT molecular complexity index is 897. The lowest BCUT2D eigenvalue weighted by molar-refractivity contribution is -0.114. The summed E-state index contributed by atoms with van der Waals surface area (Å²) in [4.78, 5) is 19.5. The number of anilines is 1. The second-order valence-corrected chi connectivity index (χ2v) is 7.24. The van der Waals surface area contributed by atoms with E-state index in [1.165, 1.54) is 13.3 Å². The van der Waals surface area contributed by atoms with Gasteiger partial charge in [0.2, 0.25) is 5.91 Å². The zero-order valence-corrected chi connectivity index (χ0v) is 15.7. The molecule has 26 heavy (non-hydrogen) atoms. The molecule has 7 nitrogen and oxygen atoms in total. The van der Waals surface area contributed by atoms with Crippen molar-refractivity contribution < 1.29 is 4.79 Å². The van der Waals surface area contributed by atoms with Gasteiger partial charge in [0.05, 0.1) is 23.7 Å². The Morgan fingerprint density at radius 2 is 2.08 bits per heavy atom. The van der Waals surface area contributed by atoms with E-state index in [-0.39, 0.29) is 5.91 Å². The Morgan fingerprint density at radius 3 is 2.58 bits per heavy atom. The molecule has 1 aromatic heterocycles. The van der Waals surface area contributed by atoms with Gasteiger partial charge >= 0.3 is 0 Å². The topological polar surface area (TPSA) is 88.0 Å². The van der Waals surface area contributed by atoms with E-state index in [9.17, 15) is 10.1 Å². The SMILES string of the molecule is [C-]#[N+]C(C)(C)c1cc(Cn2cncn2)c(NC(C)=O)c(C(C)(C)C#N)c1. The van der Waals surface area contributed by atoms with Crippen LogP contribution in [0.5, 0.6) is 0 Å². The molecule has 7 heteroatoms. The van der Waals surface area contributed by atoms with E-state index in [4.69, 9.17) is 6.57 Å². The van der Waals surface area contributed by atoms with Gasteiger partial charge in [0.25, 0.3) is 5.54 Å². The molecule has 1 N–H and O–H groups in total. The third-order valence-electron chi connectivity index (χ3n) is 4.26. The Morgan fingerprint density at radius 1 is 1.38 bits per heavy atom. The highest BCUT2D eigenvalue weighted by atomic mass is 16.1. The van der Waals surface area contributed by atoms with Crippen LogP contribution in [0.1, 0.15) is 51.3 Å². The minimum Gasteiger partial charge on any atom is -0.326 e. The van der Waals surface area contributed by atoms with Crippen LogP contribution < -0.4 is 5.32 Å². The molecule has 134 valence electrons. The molecule has 0 aliphatic heterocycles. The highest BCUT2D eigenvalue weighted by Gasteiger charge is 2.32. The predicted molar refractivity (Wildman–Crippen MR) is 98.1 cm³/mol. The van der Waals surface area contributed by atoms with E-state index in [1.807, 2.05) is 26.0 Å². The van der Waals surface area contributed by atoms with Crippen molar-refractivity contribution in [2.24, 2.45) is 0 Å². The Hall–Kier alpha value is -3.19. The molecule has 1 heterocycles. The Labute approximate surface area is 153 Å². The molecule has 0 saturated carbocycles. The average Bonchev–Trinajstić information content (AvgIpc) is 3.08. The largest absolute Gasteiger partial charge is 0.326 e. The first-order valence-electron chi connectivity index (χ1n) is 8.18. The summed E-state index contributed by atoms with van der Waals surface area (Å²) in [6.45, 7) is 16.6. The molecule has 2 aromatic rings. The average molecular weight is 350 g/mol. The van der Waals surface area contributed by atoms with E-state index in [2.05, 4.69) is 26.3 Å². The fourth-order valence-corrected chi connectivity index (χ4v) is 2.61. The quantitative estimate of drug-likeness (QED) is 0.839. The molecule has 0 radical (unpaired) electrons. The number of rotatable bonds is 5. The molecule has 0 atom stereocenters. The van der Waals surface area contributed by atoms with E-state index in [0.717, 1.165) is 11.1 Å². The molecule has 0 unspecified atom stereocenters. The van der Waals surface area contributed by atoms with Crippen LogP contribution in [-0.2, 0) is 22.3 Å². The van der Waals surface area contributed by atoms with Gasteiger partial charge in [0, 0.05) is 26.3 Å². The van der Waals surface area contributed by atoms with Gasteiger partial charge in [-0.25, -0.2) is 16.2 Å². The standard InChI is InChI=1S/C19H22N6O/c1-13(26)24-17-14(9-25-12-22-11-23-25)7-15(19(4,5)21-6)8-16(17)18(2,3)10-20/h7-8,11-12H,9H2,1-5H3,(H,24,26). The molecule has 0 saturated heterocycles. The minimum atomic E-state index is -0.844. The van der Waals surface area contributed by atoms with Crippen molar-refractivity contribution >= 4 is 11.6 Å². The number of hydrogen-bond donors (Lipinski definition) is 1. The third-order valence-corrected chi connectivity index (χ3v) is 4.26. The van der Waals surface area contributed by atoms with Crippen molar-refractivity contribution in [3.05, 3.63) is 52.9 Å². The number of nitrogens with one attached hydrogen (secondary N) is 1. The fraction of sp³-hybridized carbons (Fsp3) is 0.421. The highest BCUT2D eigenvalue weighted by Crippen LogP contribution is 2.37. The van der Waals surface area contributed by atoms with Crippen LogP contribution in [0, 0.1) is 17.9 Å². The summed E-state index contributed by atoms with van der Waals surface area (Å²) in [6, 6.07) is 6.03. The lowest BCUT2D eigenvalue weighted by atomic mass is 9.80. The minimum absolute atomic E-state index is 0.225. The molecular formula is C19H22N6O. The van der Waals surface area contributed by atoms with E-state index >= 15 is 0 Å². The molecule has 0 spiro atoms. The number of amides is 1. The fourth-order valence-electron chi connectivity index (χ4n) is 2.61. The second-order valence-electron chi connectivity index (χ2n) is 7.24. The highest BCUT2D eigenvalue weighted by molar-refractivity contribution is 5.91. The maximum atomic E-state index is 11.8. The summed E-state index contributed by atoms with van der Waals surface area (Å²) in [6.07, 6.45) is 3.02. The molecule has 0 aliphatic rings. The van der Waals surface area contributed by atoms with Crippen LogP contribution in [0.4, 0.5) is 5.69 Å². The number of nitriles is 1. The van der Waals surface area contributed by atoms with Gasteiger partial charge < -0.3 is 10.2 Å². The van der Waals surface area contributed by atoms with Gasteiger partial charge in [-0.3, -0.25) is 4.79 Å². The summed E-state index contributed by atoms with van der Waals surface area (Å²) in [5, 5.41) is 16.6. The van der Waals surface area contributed by atoms with Gasteiger partial charge in [-0.1, -0.05) is 0 Å². The normalized spacial score (nSPS) is 11.5. The van der Waals surface area contributed by atoms with E-state index in [1.54, 1.807) is 24.9 Å². The molecule has 2 rings (SSSR count). The van der Waals surface area contributed by atoms with Gasteiger partial charge in [-0.05, 0) is 37.1 Å². The number of carbonyl (C=O) groups is 1. The van der Waals surface area contributed by atoms with Gasteiger partial charge in [0.1, 0.15) is 12.7 Å². The van der Waals surface area contributed by atoms with Crippen LogP contribution in [0.2, 0.25) is 0 Å².